The molecular formula is C20H17FN2O. The van der Waals surface area contributed by atoms with Crippen LogP contribution in [0.15, 0.2) is 48.7 Å². The number of aromatic nitrogens is 1. The maximum Gasteiger partial charge on any atom is 0.223 e. The van der Waals surface area contributed by atoms with Gasteiger partial charge in [-0.05, 0) is 54.3 Å². The van der Waals surface area contributed by atoms with Crippen LogP contribution in [0.25, 0.3) is 22.0 Å². The Bertz CT molecular complexity index is 952. The second-order valence-corrected chi connectivity index (χ2v) is 6.18. The zero-order valence-electron chi connectivity index (χ0n) is 13.4. The summed E-state index contributed by atoms with van der Waals surface area (Å²) in [7, 11) is 0. The maximum absolute atomic E-state index is 13.3. The van der Waals surface area contributed by atoms with E-state index >= 15 is 0 Å². The van der Waals surface area contributed by atoms with Gasteiger partial charge in [0.25, 0.3) is 0 Å². The first-order valence-corrected chi connectivity index (χ1v) is 8.08. The van der Waals surface area contributed by atoms with Crippen molar-refractivity contribution < 1.29 is 9.18 Å². The molecule has 0 aliphatic carbocycles. The number of amides is 1. The van der Waals surface area contributed by atoms with Gasteiger partial charge in [0.15, 0.2) is 0 Å². The lowest BCUT2D eigenvalue weighted by Gasteiger charge is -2.29. The zero-order valence-corrected chi connectivity index (χ0v) is 13.4. The molecule has 0 spiro atoms. The fraction of sp³-hybridized carbons (Fsp3) is 0.200. The molecule has 1 aromatic heterocycles. The minimum Gasteiger partial charge on any atom is -0.312 e. The standard InChI is InChI=1S/C20H17FN2O/c1-13(24)23-8-2-3-16-9-14(5-7-20(16)23)17-10-15-4-6-18(21)11-19(15)22-12-17/h4-7,9-12H,2-3,8H2,1H3. The molecule has 0 saturated heterocycles. The van der Waals surface area contributed by atoms with Crippen LogP contribution in [0.3, 0.4) is 0 Å². The van der Waals surface area contributed by atoms with Crippen LogP contribution < -0.4 is 4.90 Å². The van der Waals surface area contributed by atoms with E-state index in [9.17, 15) is 9.18 Å². The van der Waals surface area contributed by atoms with Crippen LogP contribution in [0.1, 0.15) is 18.9 Å². The van der Waals surface area contributed by atoms with Crippen molar-refractivity contribution in [2.24, 2.45) is 0 Å². The molecule has 4 rings (SSSR count). The number of fused-ring (bicyclic) bond motifs is 2. The van der Waals surface area contributed by atoms with Crippen molar-refractivity contribution >= 4 is 22.5 Å². The predicted molar refractivity (Wildman–Crippen MR) is 93.5 cm³/mol. The molecule has 2 heterocycles. The number of halogens is 1. The average molecular weight is 320 g/mol. The molecule has 0 radical (unpaired) electrons. The van der Waals surface area contributed by atoms with Gasteiger partial charge in [0.05, 0.1) is 5.52 Å². The lowest BCUT2D eigenvalue weighted by Crippen LogP contribution is -2.33. The van der Waals surface area contributed by atoms with Gasteiger partial charge in [-0.1, -0.05) is 6.07 Å². The average Bonchev–Trinajstić information content (AvgIpc) is 2.60. The maximum atomic E-state index is 13.3. The highest BCUT2D eigenvalue weighted by Crippen LogP contribution is 2.32. The Morgan fingerprint density at radius 2 is 2.00 bits per heavy atom. The molecule has 0 atom stereocenters. The van der Waals surface area contributed by atoms with Gasteiger partial charge < -0.3 is 4.90 Å². The van der Waals surface area contributed by atoms with E-state index in [2.05, 4.69) is 11.1 Å². The van der Waals surface area contributed by atoms with Gasteiger partial charge in [-0.3, -0.25) is 9.78 Å². The van der Waals surface area contributed by atoms with Gasteiger partial charge in [0.1, 0.15) is 5.82 Å². The number of anilines is 1. The van der Waals surface area contributed by atoms with Crippen molar-refractivity contribution in [1.82, 2.24) is 4.98 Å². The Morgan fingerprint density at radius 3 is 2.83 bits per heavy atom. The summed E-state index contributed by atoms with van der Waals surface area (Å²) in [5, 5.41) is 0.914. The number of nitrogens with zero attached hydrogens (tertiary/aromatic N) is 2. The molecule has 0 fully saturated rings. The minimum atomic E-state index is -0.277. The molecular weight excluding hydrogens is 303 g/mol. The summed E-state index contributed by atoms with van der Waals surface area (Å²) in [6.07, 6.45) is 3.72. The Hall–Kier alpha value is -2.75. The highest BCUT2D eigenvalue weighted by Gasteiger charge is 2.20. The fourth-order valence-electron chi connectivity index (χ4n) is 3.36. The largest absolute Gasteiger partial charge is 0.312 e. The zero-order chi connectivity index (χ0) is 16.7. The van der Waals surface area contributed by atoms with Gasteiger partial charge in [-0.15, -0.1) is 0 Å². The van der Waals surface area contributed by atoms with E-state index in [4.69, 9.17) is 0 Å². The Morgan fingerprint density at radius 1 is 1.12 bits per heavy atom. The number of carbonyl (C=O) groups is 1. The molecule has 3 nitrogen and oxygen atoms in total. The van der Waals surface area contributed by atoms with E-state index in [1.54, 1.807) is 19.2 Å². The van der Waals surface area contributed by atoms with Crippen LogP contribution in [-0.4, -0.2) is 17.4 Å². The smallest absolute Gasteiger partial charge is 0.223 e. The molecule has 0 bridgehead atoms. The molecule has 0 N–H and O–H groups in total. The highest BCUT2D eigenvalue weighted by molar-refractivity contribution is 5.93. The lowest BCUT2D eigenvalue weighted by atomic mass is 9.96. The van der Waals surface area contributed by atoms with Gasteiger partial charge in [0, 0.05) is 42.4 Å². The summed E-state index contributed by atoms with van der Waals surface area (Å²) in [5.74, 6) is -0.195. The van der Waals surface area contributed by atoms with Crippen molar-refractivity contribution in [3.63, 3.8) is 0 Å². The van der Waals surface area contributed by atoms with Crippen molar-refractivity contribution in [2.45, 2.75) is 19.8 Å². The summed E-state index contributed by atoms with van der Waals surface area (Å²) in [5.41, 5.74) is 4.91. The van der Waals surface area contributed by atoms with Crippen molar-refractivity contribution in [2.75, 3.05) is 11.4 Å². The van der Waals surface area contributed by atoms with Crippen molar-refractivity contribution in [3.8, 4) is 11.1 Å². The molecule has 24 heavy (non-hydrogen) atoms. The second-order valence-electron chi connectivity index (χ2n) is 6.18. The first kappa shape index (κ1) is 14.8. The van der Waals surface area contributed by atoms with E-state index in [0.717, 1.165) is 41.6 Å². The number of benzene rings is 2. The molecule has 1 aliphatic rings. The summed E-state index contributed by atoms with van der Waals surface area (Å²) < 4.78 is 13.3. The summed E-state index contributed by atoms with van der Waals surface area (Å²) in [6.45, 7) is 2.39. The first-order chi connectivity index (χ1) is 11.6. The fourth-order valence-corrected chi connectivity index (χ4v) is 3.36. The molecule has 0 unspecified atom stereocenters. The van der Waals surface area contributed by atoms with E-state index in [1.807, 2.05) is 23.1 Å². The molecule has 2 aromatic carbocycles. The number of pyridine rings is 1. The monoisotopic (exact) mass is 320 g/mol. The van der Waals surface area contributed by atoms with Gasteiger partial charge in [-0.2, -0.15) is 0 Å². The highest BCUT2D eigenvalue weighted by atomic mass is 19.1. The summed E-state index contributed by atoms with van der Waals surface area (Å²) in [4.78, 5) is 18.0. The molecule has 1 aliphatic heterocycles. The molecule has 3 aromatic rings. The molecule has 0 saturated carbocycles. The third kappa shape index (κ3) is 2.54. The minimum absolute atomic E-state index is 0.0816. The van der Waals surface area contributed by atoms with Crippen LogP contribution in [0.2, 0.25) is 0 Å². The van der Waals surface area contributed by atoms with Gasteiger partial charge >= 0.3 is 0 Å². The van der Waals surface area contributed by atoms with E-state index in [1.165, 1.54) is 17.7 Å². The molecule has 4 heteroatoms. The number of aryl methyl sites for hydroxylation is 1. The van der Waals surface area contributed by atoms with Crippen LogP contribution in [-0.2, 0) is 11.2 Å². The van der Waals surface area contributed by atoms with Crippen LogP contribution in [0.4, 0.5) is 10.1 Å². The van der Waals surface area contributed by atoms with Crippen LogP contribution in [0.5, 0.6) is 0 Å². The number of hydrogen-bond acceptors (Lipinski definition) is 2. The second kappa shape index (κ2) is 5.71. The summed E-state index contributed by atoms with van der Waals surface area (Å²) in [6, 6.07) is 12.8. The van der Waals surface area contributed by atoms with E-state index < -0.39 is 0 Å². The predicted octanol–water partition coefficient (Wildman–Crippen LogP) is 4.34. The normalized spacial score (nSPS) is 13.8. The quantitative estimate of drug-likeness (QED) is 0.668. The van der Waals surface area contributed by atoms with Crippen molar-refractivity contribution in [3.05, 3.63) is 60.0 Å². The SMILES string of the molecule is CC(=O)N1CCCc2cc(-c3cnc4cc(F)ccc4c3)ccc21. The number of carbonyl (C=O) groups excluding carboxylic acids is 1. The Balaban J connectivity index is 1.77. The molecule has 120 valence electrons. The third-order valence-electron chi connectivity index (χ3n) is 4.56. The van der Waals surface area contributed by atoms with Gasteiger partial charge in [0.2, 0.25) is 5.91 Å². The summed E-state index contributed by atoms with van der Waals surface area (Å²) >= 11 is 0. The lowest BCUT2D eigenvalue weighted by molar-refractivity contribution is -0.116. The van der Waals surface area contributed by atoms with Gasteiger partial charge in [-0.25, -0.2) is 4.39 Å². The van der Waals surface area contributed by atoms with Crippen LogP contribution >= 0.6 is 0 Å². The van der Waals surface area contributed by atoms with E-state index in [-0.39, 0.29) is 11.7 Å². The van der Waals surface area contributed by atoms with Crippen LogP contribution in [0, 0.1) is 5.82 Å². The Labute approximate surface area is 139 Å². The first-order valence-electron chi connectivity index (χ1n) is 8.08. The topological polar surface area (TPSA) is 33.2 Å². The van der Waals surface area contributed by atoms with E-state index in [0.29, 0.717) is 5.52 Å². The number of rotatable bonds is 1. The van der Waals surface area contributed by atoms with Crippen molar-refractivity contribution in [1.29, 1.82) is 0 Å². The number of hydrogen-bond donors (Lipinski definition) is 0. The third-order valence-corrected chi connectivity index (χ3v) is 4.56. The Kier molecular flexibility index (Phi) is 3.53. The molecule has 1 amide bonds.